The molecule has 3 heterocycles. The summed E-state index contributed by atoms with van der Waals surface area (Å²) in [7, 11) is 0. The molecule has 0 bridgehead atoms. The first-order valence-electron chi connectivity index (χ1n) is 9.95. The predicted octanol–water partition coefficient (Wildman–Crippen LogP) is 1.45. The van der Waals surface area contributed by atoms with Crippen LogP contribution in [0.15, 0.2) is 0 Å². The minimum absolute atomic E-state index is 0.0521. The quantitative estimate of drug-likeness (QED) is 0.866. The van der Waals surface area contributed by atoms with Crippen molar-refractivity contribution < 1.29 is 9.90 Å². The van der Waals surface area contributed by atoms with Gasteiger partial charge in [0.1, 0.15) is 0 Å². The van der Waals surface area contributed by atoms with Gasteiger partial charge in [0.15, 0.2) is 5.69 Å². The number of carbonyl (C=O) groups excluding carboxylic acids is 1. The molecule has 2 atom stereocenters. The molecule has 138 valence electrons. The Kier molecular flexibility index (Phi) is 5.08. The van der Waals surface area contributed by atoms with Gasteiger partial charge in [-0.05, 0) is 51.1 Å². The molecule has 4 rings (SSSR count). The number of nitrogens with one attached hydrogen (secondary N) is 1. The van der Waals surface area contributed by atoms with Crippen LogP contribution in [0.3, 0.4) is 0 Å². The molecule has 0 saturated carbocycles. The Morgan fingerprint density at radius 2 is 1.84 bits per heavy atom. The van der Waals surface area contributed by atoms with E-state index in [9.17, 15) is 9.90 Å². The first-order chi connectivity index (χ1) is 12.3. The van der Waals surface area contributed by atoms with Crippen molar-refractivity contribution >= 4 is 5.91 Å². The first-order valence-corrected chi connectivity index (χ1v) is 9.95. The fraction of sp³-hybridized carbons (Fsp3) is 0.789. The highest BCUT2D eigenvalue weighted by molar-refractivity contribution is 5.94. The van der Waals surface area contributed by atoms with E-state index in [1.165, 1.54) is 25.7 Å². The van der Waals surface area contributed by atoms with Gasteiger partial charge >= 0.3 is 0 Å². The largest absolute Gasteiger partial charge is 0.396 e. The number of hydrogen-bond donors (Lipinski definition) is 2. The monoisotopic (exact) mass is 346 g/mol. The lowest BCUT2D eigenvalue weighted by molar-refractivity contribution is 0.0772. The van der Waals surface area contributed by atoms with Crippen LogP contribution >= 0.6 is 0 Å². The minimum atomic E-state index is 0.0521. The van der Waals surface area contributed by atoms with Gasteiger partial charge in [0.2, 0.25) is 0 Å². The van der Waals surface area contributed by atoms with Crippen LogP contribution in [0.25, 0.3) is 0 Å². The Labute approximate surface area is 149 Å². The van der Waals surface area contributed by atoms with Gasteiger partial charge in [0.05, 0.1) is 0 Å². The number of aliphatic hydroxyl groups is 1. The van der Waals surface area contributed by atoms with E-state index >= 15 is 0 Å². The van der Waals surface area contributed by atoms with Crippen molar-refractivity contribution in [2.24, 2.45) is 11.8 Å². The van der Waals surface area contributed by atoms with Crippen molar-refractivity contribution in [3.8, 4) is 0 Å². The molecule has 6 nitrogen and oxygen atoms in total. The zero-order chi connectivity index (χ0) is 17.2. The van der Waals surface area contributed by atoms with Gasteiger partial charge in [-0.15, -0.1) is 0 Å². The molecule has 0 aromatic carbocycles. The van der Waals surface area contributed by atoms with Gasteiger partial charge in [-0.1, -0.05) is 12.8 Å². The fourth-order valence-electron chi connectivity index (χ4n) is 4.81. The lowest BCUT2D eigenvalue weighted by atomic mass is 9.96. The Hall–Kier alpha value is -1.40. The summed E-state index contributed by atoms with van der Waals surface area (Å²) in [5.41, 5.74) is 2.89. The maximum atomic E-state index is 13.0. The van der Waals surface area contributed by atoms with Gasteiger partial charge in [0, 0.05) is 43.4 Å². The number of hydrogen-bond acceptors (Lipinski definition) is 4. The van der Waals surface area contributed by atoms with E-state index in [2.05, 4.69) is 15.1 Å². The highest BCUT2D eigenvalue weighted by atomic mass is 16.3. The minimum Gasteiger partial charge on any atom is -0.396 e. The number of fused-ring (bicyclic) bond motifs is 1. The summed E-state index contributed by atoms with van der Waals surface area (Å²) in [6.07, 6.45) is 8.30. The highest BCUT2D eigenvalue weighted by Crippen LogP contribution is 2.29. The number of rotatable bonds is 4. The first kappa shape index (κ1) is 17.0. The summed E-state index contributed by atoms with van der Waals surface area (Å²) < 4.78 is 0. The molecular formula is C19H30N4O2. The summed E-state index contributed by atoms with van der Waals surface area (Å²) in [6.45, 7) is 4.91. The van der Waals surface area contributed by atoms with E-state index in [-0.39, 0.29) is 18.4 Å². The molecule has 1 amide bonds. The molecular weight excluding hydrogens is 316 g/mol. The van der Waals surface area contributed by atoms with Gasteiger partial charge < -0.3 is 14.9 Å². The van der Waals surface area contributed by atoms with Crippen molar-refractivity contribution in [2.75, 3.05) is 39.3 Å². The molecule has 0 unspecified atom stereocenters. The summed E-state index contributed by atoms with van der Waals surface area (Å²) in [5, 5.41) is 17.2. The van der Waals surface area contributed by atoms with Crippen LogP contribution < -0.4 is 0 Å². The lowest BCUT2D eigenvalue weighted by Crippen LogP contribution is -2.35. The maximum Gasteiger partial charge on any atom is 0.274 e. The second kappa shape index (κ2) is 7.46. The number of aryl methyl sites for hydroxylation is 1. The number of aromatic amines is 1. The molecule has 3 aliphatic rings. The van der Waals surface area contributed by atoms with Crippen LogP contribution in [0.1, 0.15) is 53.8 Å². The Bertz CT molecular complexity index is 607. The van der Waals surface area contributed by atoms with Crippen LogP contribution in [0, 0.1) is 11.8 Å². The summed E-state index contributed by atoms with van der Waals surface area (Å²) in [6, 6.07) is 0. The van der Waals surface area contributed by atoms with E-state index < -0.39 is 0 Å². The third-order valence-electron chi connectivity index (χ3n) is 6.30. The molecule has 1 aliphatic carbocycles. The molecule has 1 aromatic heterocycles. The molecule has 2 fully saturated rings. The average molecular weight is 346 g/mol. The van der Waals surface area contributed by atoms with E-state index in [0.717, 1.165) is 56.7 Å². The molecule has 0 spiro atoms. The Morgan fingerprint density at radius 1 is 1.08 bits per heavy atom. The Balaban J connectivity index is 1.42. The zero-order valence-electron chi connectivity index (χ0n) is 15.0. The highest BCUT2D eigenvalue weighted by Gasteiger charge is 2.38. The molecule has 6 heteroatoms. The van der Waals surface area contributed by atoms with Gasteiger partial charge in [-0.3, -0.25) is 9.89 Å². The number of carbonyl (C=O) groups is 1. The van der Waals surface area contributed by atoms with Crippen molar-refractivity contribution in [2.45, 2.75) is 44.9 Å². The van der Waals surface area contributed by atoms with Crippen LogP contribution in [0.5, 0.6) is 0 Å². The molecule has 0 radical (unpaired) electrons. The molecule has 2 aliphatic heterocycles. The summed E-state index contributed by atoms with van der Waals surface area (Å²) in [4.78, 5) is 17.4. The number of aromatic nitrogens is 2. The zero-order valence-corrected chi connectivity index (χ0v) is 15.0. The van der Waals surface area contributed by atoms with Crippen molar-refractivity contribution in [1.82, 2.24) is 20.0 Å². The third kappa shape index (κ3) is 3.47. The smallest absolute Gasteiger partial charge is 0.274 e. The third-order valence-corrected chi connectivity index (χ3v) is 6.30. The topological polar surface area (TPSA) is 72.5 Å². The van der Waals surface area contributed by atoms with Crippen molar-refractivity contribution in [3.05, 3.63) is 17.0 Å². The maximum absolute atomic E-state index is 13.0. The van der Waals surface area contributed by atoms with Crippen LogP contribution in [-0.2, 0) is 12.8 Å². The molecule has 2 N–H and O–H groups in total. The van der Waals surface area contributed by atoms with Crippen molar-refractivity contribution in [1.29, 1.82) is 0 Å². The normalized spacial score (nSPS) is 27.5. The average Bonchev–Trinajstić information content (AvgIpc) is 3.27. The van der Waals surface area contributed by atoms with E-state index in [1.807, 2.05) is 4.90 Å². The predicted molar refractivity (Wildman–Crippen MR) is 95.5 cm³/mol. The number of amides is 1. The molecule has 2 saturated heterocycles. The van der Waals surface area contributed by atoms with E-state index in [1.54, 1.807) is 0 Å². The van der Waals surface area contributed by atoms with Crippen LogP contribution in [-0.4, -0.2) is 70.3 Å². The number of likely N-dealkylation sites (tertiary alicyclic amines) is 2. The molecule has 1 aromatic rings. The lowest BCUT2D eigenvalue weighted by Gasteiger charge is -2.26. The summed E-state index contributed by atoms with van der Waals surface area (Å²) in [5.74, 6) is 0.620. The Morgan fingerprint density at radius 3 is 2.60 bits per heavy atom. The standard InChI is InChI=1S/C19H30N4O2/c24-13-15-12-23(11-14(15)10-22-8-3-1-2-4-9-22)19(25)18-16-6-5-7-17(16)20-21-18/h14-15,24H,1-13H2,(H,20,21)/t14-,15-/m1/s1. The van der Waals surface area contributed by atoms with Gasteiger partial charge in [-0.2, -0.15) is 5.10 Å². The van der Waals surface area contributed by atoms with Gasteiger partial charge in [-0.25, -0.2) is 0 Å². The summed E-state index contributed by atoms with van der Waals surface area (Å²) >= 11 is 0. The number of H-pyrrole nitrogens is 1. The van der Waals surface area contributed by atoms with E-state index in [4.69, 9.17) is 0 Å². The van der Waals surface area contributed by atoms with Crippen LogP contribution in [0.2, 0.25) is 0 Å². The second-order valence-corrected chi connectivity index (χ2v) is 8.01. The molecule has 25 heavy (non-hydrogen) atoms. The second-order valence-electron chi connectivity index (χ2n) is 8.01. The van der Waals surface area contributed by atoms with E-state index in [0.29, 0.717) is 18.2 Å². The van der Waals surface area contributed by atoms with Crippen LogP contribution in [0.4, 0.5) is 0 Å². The van der Waals surface area contributed by atoms with Gasteiger partial charge in [0.25, 0.3) is 5.91 Å². The van der Waals surface area contributed by atoms with Crippen molar-refractivity contribution in [3.63, 3.8) is 0 Å². The fourth-order valence-corrected chi connectivity index (χ4v) is 4.81. The number of nitrogens with zero attached hydrogens (tertiary/aromatic N) is 3. The SMILES string of the molecule is O=C(c1n[nH]c2c1CCC2)N1C[C@@H](CN2CCCCCC2)[C@@H](CO)C1. The number of aliphatic hydroxyl groups excluding tert-OH is 1.